The standard InChI is InChI=1S/C16H18FN3O4S.ClH/c1-10-15(25(18,22)23)8-14(24-10)16(21)20-6-5-19-9-13(20)11-3-2-4-12(17)7-11;/h2-4,7-8,13,19H,5-6,9H2,1H3,(H2,18,22,23);1H. The van der Waals surface area contributed by atoms with E-state index in [1.807, 2.05) is 0 Å². The minimum Gasteiger partial charge on any atom is -0.455 e. The Hall–Kier alpha value is -1.94. The average Bonchev–Trinajstić information content (AvgIpc) is 2.96. The van der Waals surface area contributed by atoms with Crippen LogP contribution >= 0.6 is 12.4 Å². The van der Waals surface area contributed by atoms with Crippen molar-refractivity contribution in [1.82, 2.24) is 10.2 Å². The molecule has 0 bridgehead atoms. The van der Waals surface area contributed by atoms with E-state index in [0.717, 1.165) is 6.07 Å². The number of aryl methyl sites for hydroxylation is 1. The number of rotatable bonds is 3. The molecule has 0 radical (unpaired) electrons. The number of nitrogens with two attached hydrogens (primary N) is 1. The summed E-state index contributed by atoms with van der Waals surface area (Å²) >= 11 is 0. The summed E-state index contributed by atoms with van der Waals surface area (Å²) in [4.78, 5) is 14.2. The predicted molar refractivity (Wildman–Crippen MR) is 95.1 cm³/mol. The summed E-state index contributed by atoms with van der Waals surface area (Å²) in [6, 6.07) is 6.78. The van der Waals surface area contributed by atoms with Crippen LogP contribution < -0.4 is 10.5 Å². The molecule has 1 aromatic heterocycles. The van der Waals surface area contributed by atoms with Crippen molar-refractivity contribution in [1.29, 1.82) is 0 Å². The second-order valence-electron chi connectivity index (χ2n) is 5.85. The summed E-state index contributed by atoms with van der Waals surface area (Å²) in [7, 11) is -3.97. The van der Waals surface area contributed by atoms with E-state index in [2.05, 4.69) is 5.32 Å². The number of hydrogen-bond acceptors (Lipinski definition) is 5. The Morgan fingerprint density at radius 1 is 1.38 bits per heavy atom. The first-order valence-corrected chi connectivity index (χ1v) is 9.22. The Kier molecular flexibility index (Phi) is 6.07. The zero-order valence-electron chi connectivity index (χ0n) is 13.9. The van der Waals surface area contributed by atoms with Crippen LogP contribution in [-0.2, 0) is 10.0 Å². The van der Waals surface area contributed by atoms with E-state index in [4.69, 9.17) is 9.56 Å². The van der Waals surface area contributed by atoms with Gasteiger partial charge in [0.2, 0.25) is 10.0 Å². The summed E-state index contributed by atoms with van der Waals surface area (Å²) < 4.78 is 41.9. The molecule has 1 atom stereocenters. The van der Waals surface area contributed by atoms with Crippen molar-refractivity contribution in [2.45, 2.75) is 17.9 Å². The maximum atomic E-state index is 13.5. The van der Waals surface area contributed by atoms with E-state index < -0.39 is 15.9 Å². The molecule has 3 N–H and O–H groups in total. The molecule has 1 fully saturated rings. The molecule has 1 amide bonds. The molecule has 1 unspecified atom stereocenters. The number of carbonyl (C=O) groups excluding carboxylic acids is 1. The van der Waals surface area contributed by atoms with Gasteiger partial charge in [-0.3, -0.25) is 4.79 Å². The summed E-state index contributed by atoms with van der Waals surface area (Å²) in [6.45, 7) is 2.83. The van der Waals surface area contributed by atoms with E-state index in [9.17, 15) is 17.6 Å². The first-order chi connectivity index (χ1) is 11.8. The third-order valence-electron chi connectivity index (χ3n) is 4.13. The Morgan fingerprint density at radius 3 is 2.73 bits per heavy atom. The van der Waals surface area contributed by atoms with Crippen LogP contribution in [0.5, 0.6) is 0 Å². The number of hydrogen-bond donors (Lipinski definition) is 2. The van der Waals surface area contributed by atoms with Crippen LogP contribution in [0.1, 0.15) is 27.9 Å². The molecule has 0 spiro atoms. The molecule has 7 nitrogen and oxygen atoms in total. The summed E-state index contributed by atoms with van der Waals surface area (Å²) in [6.07, 6.45) is 0. The average molecular weight is 404 g/mol. The van der Waals surface area contributed by atoms with E-state index in [0.29, 0.717) is 25.2 Å². The zero-order valence-corrected chi connectivity index (χ0v) is 15.6. The molecule has 2 aromatic rings. The second-order valence-corrected chi connectivity index (χ2v) is 7.38. The van der Waals surface area contributed by atoms with Crippen LogP contribution in [-0.4, -0.2) is 38.9 Å². The van der Waals surface area contributed by atoms with Crippen molar-refractivity contribution < 1.29 is 22.0 Å². The predicted octanol–water partition coefficient (Wildman–Crippen LogP) is 1.58. The lowest BCUT2D eigenvalue weighted by atomic mass is 10.0. The third kappa shape index (κ3) is 4.07. The lowest BCUT2D eigenvalue weighted by Crippen LogP contribution is -2.48. The van der Waals surface area contributed by atoms with Gasteiger partial charge in [0, 0.05) is 25.7 Å². The van der Waals surface area contributed by atoms with Gasteiger partial charge in [-0.25, -0.2) is 17.9 Å². The Balaban J connectivity index is 0.00000243. The number of nitrogens with zero attached hydrogens (tertiary/aromatic N) is 1. The van der Waals surface area contributed by atoms with Gasteiger partial charge < -0.3 is 14.6 Å². The number of nitrogens with one attached hydrogen (secondary N) is 1. The SMILES string of the molecule is Cc1oc(C(=O)N2CCNCC2c2cccc(F)c2)cc1S(N)(=O)=O.Cl. The molecule has 1 aliphatic rings. The largest absolute Gasteiger partial charge is 0.455 e. The highest BCUT2D eigenvalue weighted by Gasteiger charge is 2.32. The van der Waals surface area contributed by atoms with Crippen molar-refractivity contribution in [2.24, 2.45) is 5.14 Å². The smallest absolute Gasteiger partial charge is 0.290 e. The molecule has 10 heteroatoms. The number of amides is 1. The van der Waals surface area contributed by atoms with Crippen LogP contribution in [0.15, 0.2) is 39.6 Å². The highest BCUT2D eigenvalue weighted by Crippen LogP contribution is 2.27. The van der Waals surface area contributed by atoms with Gasteiger partial charge in [-0.15, -0.1) is 12.4 Å². The van der Waals surface area contributed by atoms with Gasteiger partial charge in [0.15, 0.2) is 5.76 Å². The van der Waals surface area contributed by atoms with Crippen molar-refractivity contribution >= 4 is 28.3 Å². The molecule has 3 rings (SSSR count). The van der Waals surface area contributed by atoms with Gasteiger partial charge in [-0.1, -0.05) is 12.1 Å². The molecule has 0 saturated carbocycles. The van der Waals surface area contributed by atoms with Crippen LogP contribution in [0.2, 0.25) is 0 Å². The van der Waals surface area contributed by atoms with Gasteiger partial charge >= 0.3 is 0 Å². The van der Waals surface area contributed by atoms with Crippen LogP contribution in [0, 0.1) is 12.7 Å². The lowest BCUT2D eigenvalue weighted by Gasteiger charge is -2.36. The third-order valence-corrected chi connectivity index (χ3v) is 5.15. The number of sulfonamides is 1. The number of piperazine rings is 1. The fraction of sp³-hybridized carbons (Fsp3) is 0.312. The molecule has 142 valence electrons. The van der Waals surface area contributed by atoms with E-state index in [1.54, 1.807) is 12.1 Å². The van der Waals surface area contributed by atoms with E-state index >= 15 is 0 Å². The maximum Gasteiger partial charge on any atom is 0.290 e. The van der Waals surface area contributed by atoms with E-state index in [-0.39, 0.29) is 40.7 Å². The van der Waals surface area contributed by atoms with Gasteiger partial charge in [0.1, 0.15) is 16.5 Å². The molecular weight excluding hydrogens is 385 g/mol. The highest BCUT2D eigenvalue weighted by molar-refractivity contribution is 7.89. The maximum absolute atomic E-state index is 13.5. The van der Waals surface area contributed by atoms with Gasteiger partial charge in [-0.2, -0.15) is 0 Å². The molecule has 2 heterocycles. The van der Waals surface area contributed by atoms with Crippen molar-refractivity contribution in [3.8, 4) is 0 Å². The van der Waals surface area contributed by atoms with Gasteiger partial charge in [-0.05, 0) is 24.6 Å². The number of furan rings is 1. The minimum atomic E-state index is -3.97. The number of halogens is 2. The summed E-state index contributed by atoms with van der Waals surface area (Å²) in [5, 5.41) is 8.29. The fourth-order valence-corrected chi connectivity index (χ4v) is 3.67. The molecule has 1 aromatic carbocycles. The van der Waals surface area contributed by atoms with Gasteiger partial charge in [0.25, 0.3) is 5.91 Å². The molecule has 0 aliphatic carbocycles. The van der Waals surface area contributed by atoms with E-state index in [1.165, 1.54) is 24.0 Å². The number of primary sulfonamides is 1. The van der Waals surface area contributed by atoms with Crippen molar-refractivity contribution in [3.05, 3.63) is 53.2 Å². The topological polar surface area (TPSA) is 106 Å². The minimum absolute atomic E-state index is 0. The zero-order chi connectivity index (χ0) is 18.2. The molecular formula is C16H19ClFN3O4S. The second kappa shape index (κ2) is 7.75. The van der Waals surface area contributed by atoms with Crippen molar-refractivity contribution in [3.63, 3.8) is 0 Å². The Morgan fingerprint density at radius 2 is 2.12 bits per heavy atom. The number of benzene rings is 1. The van der Waals surface area contributed by atoms with Gasteiger partial charge in [0.05, 0.1) is 6.04 Å². The highest BCUT2D eigenvalue weighted by atomic mass is 35.5. The summed E-state index contributed by atoms with van der Waals surface area (Å²) in [5.74, 6) is -0.900. The fourth-order valence-electron chi connectivity index (χ4n) is 2.95. The van der Waals surface area contributed by atoms with Crippen LogP contribution in [0.3, 0.4) is 0 Å². The molecule has 26 heavy (non-hydrogen) atoms. The molecule has 1 aliphatic heterocycles. The summed E-state index contributed by atoms with van der Waals surface area (Å²) in [5.41, 5.74) is 0.649. The molecule has 1 saturated heterocycles. The number of carbonyl (C=O) groups is 1. The first kappa shape index (κ1) is 20.4. The first-order valence-electron chi connectivity index (χ1n) is 7.68. The lowest BCUT2D eigenvalue weighted by molar-refractivity contribution is 0.0600. The van der Waals surface area contributed by atoms with Crippen LogP contribution in [0.4, 0.5) is 4.39 Å². The van der Waals surface area contributed by atoms with Crippen LogP contribution in [0.25, 0.3) is 0 Å². The Bertz CT molecular complexity index is 916. The monoisotopic (exact) mass is 403 g/mol. The normalized spacial score (nSPS) is 17.7. The quantitative estimate of drug-likeness (QED) is 0.809. The Labute approximate surface area is 156 Å². The van der Waals surface area contributed by atoms with Crippen molar-refractivity contribution in [2.75, 3.05) is 19.6 Å².